The molecule has 0 aromatic carbocycles. The molecule has 0 saturated carbocycles. The average Bonchev–Trinajstić information content (AvgIpc) is 2.85. The Hall–Kier alpha value is -1.99. The van der Waals surface area contributed by atoms with E-state index in [-0.39, 0.29) is 52.4 Å². The van der Waals surface area contributed by atoms with Crippen LogP contribution in [0.25, 0.3) is 0 Å². The highest BCUT2D eigenvalue weighted by Gasteiger charge is 2.44. The van der Waals surface area contributed by atoms with Gasteiger partial charge in [0.05, 0.1) is 51.7 Å². The van der Waals surface area contributed by atoms with Crippen molar-refractivity contribution < 1.29 is 60.3 Å². The standard InChI is InChI=1S/C21H40N4O12/c26-10-15(17(31)12-28)23-3-1-22(9-18(32)33)2-7-25(21(13-29,14-30)20(36)37)8-6-24(5-4-23)16(11-27)19(34)35/h15-17,26-31H,1-14H2,(H,32,33)(H,34,35)(H,36,37). The number of rotatable bonds is 13. The second kappa shape index (κ2) is 16.1. The Morgan fingerprint density at radius 3 is 1.68 bits per heavy atom. The van der Waals surface area contributed by atoms with E-state index < -0.39 is 81.2 Å². The minimum atomic E-state index is -2.12. The molecule has 1 saturated heterocycles. The van der Waals surface area contributed by atoms with Gasteiger partial charge in [0.15, 0.2) is 5.54 Å². The third kappa shape index (κ3) is 9.06. The monoisotopic (exact) mass is 540 g/mol. The van der Waals surface area contributed by atoms with E-state index in [0.29, 0.717) is 0 Å². The van der Waals surface area contributed by atoms with E-state index in [1.54, 1.807) is 4.90 Å². The molecule has 0 aromatic heterocycles. The maximum atomic E-state index is 12.0. The van der Waals surface area contributed by atoms with Gasteiger partial charge >= 0.3 is 17.9 Å². The Balaban J connectivity index is 3.43. The van der Waals surface area contributed by atoms with Crippen LogP contribution in [0.1, 0.15) is 0 Å². The fourth-order valence-electron chi connectivity index (χ4n) is 4.38. The number of hydrogen-bond acceptors (Lipinski definition) is 13. The van der Waals surface area contributed by atoms with Gasteiger partial charge in [-0.3, -0.25) is 34.0 Å². The van der Waals surface area contributed by atoms with E-state index >= 15 is 0 Å². The molecule has 16 nitrogen and oxygen atoms in total. The summed E-state index contributed by atoms with van der Waals surface area (Å²) in [7, 11) is 0. The van der Waals surface area contributed by atoms with Crippen LogP contribution in [-0.4, -0.2) is 199 Å². The molecule has 3 atom stereocenters. The number of aliphatic hydroxyl groups is 6. The van der Waals surface area contributed by atoms with Crippen molar-refractivity contribution in [2.24, 2.45) is 0 Å². The van der Waals surface area contributed by atoms with Crippen molar-refractivity contribution in [3.8, 4) is 0 Å². The molecule has 216 valence electrons. The lowest BCUT2D eigenvalue weighted by molar-refractivity contribution is -0.160. The molecule has 16 heteroatoms. The van der Waals surface area contributed by atoms with E-state index in [0.717, 1.165) is 0 Å². The maximum absolute atomic E-state index is 12.0. The van der Waals surface area contributed by atoms with Crippen molar-refractivity contribution in [3.05, 3.63) is 0 Å². The van der Waals surface area contributed by atoms with Crippen LogP contribution < -0.4 is 0 Å². The summed E-state index contributed by atoms with van der Waals surface area (Å²) in [5, 5.41) is 87.7. The summed E-state index contributed by atoms with van der Waals surface area (Å²) in [4.78, 5) is 41.0. The van der Waals surface area contributed by atoms with Gasteiger partial charge in [0.2, 0.25) is 0 Å². The summed E-state index contributed by atoms with van der Waals surface area (Å²) < 4.78 is 0. The molecule has 1 aliphatic heterocycles. The predicted octanol–water partition coefficient (Wildman–Crippen LogP) is -5.74. The Bertz CT molecular complexity index is 726. The van der Waals surface area contributed by atoms with E-state index in [1.165, 1.54) is 14.7 Å². The Labute approximate surface area is 214 Å². The Morgan fingerprint density at radius 1 is 0.703 bits per heavy atom. The first-order chi connectivity index (χ1) is 17.5. The first-order valence-corrected chi connectivity index (χ1v) is 11.9. The third-order valence-electron chi connectivity index (χ3n) is 6.79. The second-order valence-corrected chi connectivity index (χ2v) is 8.92. The van der Waals surface area contributed by atoms with Gasteiger partial charge in [-0.05, 0) is 0 Å². The topological polar surface area (TPSA) is 246 Å². The molecule has 0 aliphatic carbocycles. The zero-order valence-corrected chi connectivity index (χ0v) is 20.7. The lowest BCUT2D eigenvalue weighted by Crippen LogP contribution is -2.63. The summed E-state index contributed by atoms with van der Waals surface area (Å²) in [5.41, 5.74) is -2.12. The van der Waals surface area contributed by atoms with E-state index in [2.05, 4.69) is 0 Å². The largest absolute Gasteiger partial charge is 0.480 e. The summed E-state index contributed by atoms with van der Waals surface area (Å²) in [6.45, 7) is -4.58. The zero-order chi connectivity index (χ0) is 28.2. The molecule has 0 radical (unpaired) electrons. The Morgan fingerprint density at radius 2 is 1.22 bits per heavy atom. The second-order valence-electron chi connectivity index (χ2n) is 8.92. The average molecular weight is 541 g/mol. The lowest BCUT2D eigenvalue weighted by atomic mass is 9.99. The molecule has 0 bridgehead atoms. The predicted molar refractivity (Wildman–Crippen MR) is 126 cm³/mol. The van der Waals surface area contributed by atoms with Gasteiger partial charge in [0.1, 0.15) is 6.04 Å². The lowest BCUT2D eigenvalue weighted by Gasteiger charge is -2.42. The van der Waals surface area contributed by atoms with Crippen molar-refractivity contribution in [2.45, 2.75) is 23.7 Å². The van der Waals surface area contributed by atoms with Crippen molar-refractivity contribution in [1.29, 1.82) is 0 Å². The van der Waals surface area contributed by atoms with Crippen molar-refractivity contribution in [1.82, 2.24) is 19.6 Å². The van der Waals surface area contributed by atoms with Crippen LogP contribution >= 0.6 is 0 Å². The van der Waals surface area contributed by atoms with E-state index in [4.69, 9.17) is 0 Å². The van der Waals surface area contributed by atoms with Crippen LogP contribution in [-0.2, 0) is 14.4 Å². The molecule has 37 heavy (non-hydrogen) atoms. The van der Waals surface area contributed by atoms with Crippen molar-refractivity contribution >= 4 is 17.9 Å². The minimum absolute atomic E-state index is 0.0100. The molecular weight excluding hydrogens is 500 g/mol. The van der Waals surface area contributed by atoms with Gasteiger partial charge in [0, 0.05) is 52.4 Å². The zero-order valence-electron chi connectivity index (χ0n) is 20.7. The fraction of sp³-hybridized carbons (Fsp3) is 0.857. The van der Waals surface area contributed by atoms with Gasteiger partial charge in [0.25, 0.3) is 0 Å². The highest BCUT2D eigenvalue weighted by molar-refractivity contribution is 5.79. The van der Waals surface area contributed by atoms with Gasteiger partial charge in [-0.25, -0.2) is 0 Å². The van der Waals surface area contributed by atoms with E-state index in [9.17, 15) is 60.3 Å². The quantitative estimate of drug-likeness (QED) is 0.106. The van der Waals surface area contributed by atoms with Crippen LogP contribution in [0.15, 0.2) is 0 Å². The number of carboxylic acid groups (broad SMARTS) is 3. The minimum Gasteiger partial charge on any atom is -0.480 e. The molecule has 3 unspecified atom stereocenters. The summed E-state index contributed by atoms with van der Waals surface area (Å²) in [6.07, 6.45) is -1.34. The van der Waals surface area contributed by atoms with Crippen LogP contribution in [0.2, 0.25) is 0 Å². The molecule has 1 fully saturated rings. The SMILES string of the molecule is O=C(O)CN1CCN(C(CO)C(O)CO)CCN(C(CO)C(=O)O)CCN(C(CO)(CO)C(=O)O)CC1. The molecule has 0 spiro atoms. The molecular formula is C21H40N4O12. The van der Waals surface area contributed by atoms with Crippen LogP contribution in [0.4, 0.5) is 0 Å². The maximum Gasteiger partial charge on any atom is 0.328 e. The third-order valence-corrected chi connectivity index (χ3v) is 6.79. The first kappa shape index (κ1) is 33.0. The van der Waals surface area contributed by atoms with E-state index in [1.807, 2.05) is 0 Å². The smallest absolute Gasteiger partial charge is 0.328 e. The molecule has 1 aliphatic rings. The Kier molecular flexibility index (Phi) is 14.4. The molecule has 1 heterocycles. The summed E-state index contributed by atoms with van der Waals surface area (Å²) in [5.74, 6) is -4.03. The highest BCUT2D eigenvalue weighted by Crippen LogP contribution is 2.17. The van der Waals surface area contributed by atoms with Gasteiger partial charge in [-0.15, -0.1) is 0 Å². The van der Waals surface area contributed by atoms with Crippen LogP contribution in [0, 0.1) is 0 Å². The van der Waals surface area contributed by atoms with Crippen LogP contribution in [0.5, 0.6) is 0 Å². The number of carboxylic acids is 3. The number of carbonyl (C=O) groups is 3. The number of aliphatic hydroxyl groups excluding tert-OH is 6. The van der Waals surface area contributed by atoms with Crippen molar-refractivity contribution in [3.63, 3.8) is 0 Å². The number of nitrogens with zero attached hydrogens (tertiary/aromatic N) is 4. The molecule has 9 N–H and O–H groups in total. The first-order valence-electron chi connectivity index (χ1n) is 11.9. The molecule has 0 aromatic rings. The normalized spacial score (nSPS) is 20.9. The molecule has 1 rings (SSSR count). The van der Waals surface area contributed by atoms with Crippen molar-refractivity contribution in [2.75, 3.05) is 91.9 Å². The number of aliphatic carboxylic acids is 3. The van der Waals surface area contributed by atoms with Crippen LogP contribution in [0.3, 0.4) is 0 Å². The van der Waals surface area contributed by atoms with Gasteiger partial charge in [-0.1, -0.05) is 0 Å². The van der Waals surface area contributed by atoms with Gasteiger partial charge < -0.3 is 46.0 Å². The highest BCUT2D eigenvalue weighted by atomic mass is 16.4. The number of hydrogen-bond donors (Lipinski definition) is 9. The summed E-state index contributed by atoms with van der Waals surface area (Å²) >= 11 is 0. The fourth-order valence-corrected chi connectivity index (χ4v) is 4.38. The molecule has 0 amide bonds. The summed E-state index contributed by atoms with van der Waals surface area (Å²) in [6, 6.07) is -2.33. The van der Waals surface area contributed by atoms with Gasteiger partial charge in [-0.2, -0.15) is 0 Å².